The minimum absolute atomic E-state index is 0.0459. The smallest absolute Gasteiger partial charge is 0.228 e. The molecule has 2 amide bonds. The van der Waals surface area contributed by atoms with Crippen LogP contribution in [0, 0.1) is 0 Å². The molecule has 2 aromatic carbocycles. The number of amides is 2. The van der Waals surface area contributed by atoms with Gasteiger partial charge in [0, 0.05) is 24.8 Å². The van der Waals surface area contributed by atoms with E-state index in [4.69, 9.17) is 11.6 Å². The minimum Gasteiger partial charge on any atom is -0.349 e. The third-order valence-electron chi connectivity index (χ3n) is 3.37. The van der Waals surface area contributed by atoms with Gasteiger partial charge in [-0.25, -0.2) is 0 Å². The standard InChI is InChI=1S/C18H19ClN2O2/c1-21(2)18(23)12-14-5-9-16(10-6-14)20-17(22)11-13-3-7-15(19)8-4-13/h3-10H,11-12H2,1-2H3,(H,20,22). The van der Waals surface area contributed by atoms with Gasteiger partial charge in [-0.15, -0.1) is 0 Å². The van der Waals surface area contributed by atoms with Crippen LogP contribution in [0.1, 0.15) is 11.1 Å². The number of nitrogens with one attached hydrogen (secondary N) is 1. The molecule has 2 rings (SSSR count). The molecule has 2 aromatic rings. The molecule has 0 saturated heterocycles. The number of benzene rings is 2. The highest BCUT2D eigenvalue weighted by Crippen LogP contribution is 2.13. The maximum absolute atomic E-state index is 12.0. The van der Waals surface area contributed by atoms with Gasteiger partial charge in [0.25, 0.3) is 0 Å². The zero-order chi connectivity index (χ0) is 16.8. The Morgan fingerprint density at radius 1 is 0.913 bits per heavy atom. The predicted octanol–water partition coefficient (Wildman–Crippen LogP) is 3.15. The van der Waals surface area contributed by atoms with Crippen molar-refractivity contribution in [3.63, 3.8) is 0 Å². The second-order valence-corrected chi connectivity index (χ2v) is 5.95. The molecule has 0 aliphatic carbocycles. The quantitative estimate of drug-likeness (QED) is 0.915. The number of nitrogens with zero attached hydrogens (tertiary/aromatic N) is 1. The van der Waals surface area contributed by atoms with E-state index in [1.54, 1.807) is 43.3 Å². The molecule has 0 heterocycles. The van der Waals surface area contributed by atoms with Crippen molar-refractivity contribution >= 4 is 29.1 Å². The summed E-state index contributed by atoms with van der Waals surface area (Å²) in [4.78, 5) is 25.2. The average Bonchev–Trinajstić information content (AvgIpc) is 2.51. The Kier molecular flexibility index (Phi) is 5.77. The summed E-state index contributed by atoms with van der Waals surface area (Å²) in [5, 5.41) is 3.49. The van der Waals surface area contributed by atoms with Crippen LogP contribution in [-0.2, 0) is 22.4 Å². The SMILES string of the molecule is CN(C)C(=O)Cc1ccc(NC(=O)Cc2ccc(Cl)cc2)cc1. The summed E-state index contributed by atoms with van der Waals surface area (Å²) in [6, 6.07) is 14.5. The summed E-state index contributed by atoms with van der Waals surface area (Å²) < 4.78 is 0. The molecule has 0 bridgehead atoms. The summed E-state index contributed by atoms with van der Waals surface area (Å²) in [6.07, 6.45) is 0.643. The van der Waals surface area contributed by atoms with Crippen LogP contribution in [0.5, 0.6) is 0 Å². The highest BCUT2D eigenvalue weighted by atomic mass is 35.5. The number of hydrogen-bond acceptors (Lipinski definition) is 2. The lowest BCUT2D eigenvalue weighted by Gasteiger charge is -2.10. The first-order chi connectivity index (χ1) is 10.9. The molecule has 0 radical (unpaired) electrons. The molecular weight excluding hydrogens is 312 g/mol. The van der Waals surface area contributed by atoms with Crippen molar-refractivity contribution in [1.82, 2.24) is 4.90 Å². The van der Waals surface area contributed by atoms with Crippen LogP contribution < -0.4 is 5.32 Å². The normalized spacial score (nSPS) is 10.2. The Hall–Kier alpha value is -2.33. The van der Waals surface area contributed by atoms with Gasteiger partial charge in [0.2, 0.25) is 11.8 Å². The molecule has 4 nitrogen and oxygen atoms in total. The molecule has 0 fully saturated rings. The Balaban J connectivity index is 1.91. The van der Waals surface area contributed by atoms with E-state index in [0.29, 0.717) is 17.1 Å². The molecule has 5 heteroatoms. The lowest BCUT2D eigenvalue weighted by molar-refractivity contribution is -0.128. The topological polar surface area (TPSA) is 49.4 Å². The molecule has 0 spiro atoms. The van der Waals surface area contributed by atoms with E-state index in [9.17, 15) is 9.59 Å². The Labute approximate surface area is 141 Å². The first-order valence-electron chi connectivity index (χ1n) is 7.27. The summed E-state index contributed by atoms with van der Waals surface area (Å²) in [5.74, 6) is -0.0473. The molecule has 0 atom stereocenters. The van der Waals surface area contributed by atoms with Crippen LogP contribution in [0.3, 0.4) is 0 Å². The van der Waals surface area contributed by atoms with Crippen LogP contribution in [0.4, 0.5) is 5.69 Å². The number of halogens is 1. The van der Waals surface area contributed by atoms with Gasteiger partial charge in [-0.2, -0.15) is 0 Å². The van der Waals surface area contributed by atoms with Gasteiger partial charge in [-0.05, 0) is 35.4 Å². The van der Waals surface area contributed by atoms with E-state index in [-0.39, 0.29) is 18.2 Å². The fraction of sp³-hybridized carbons (Fsp3) is 0.222. The molecule has 0 aliphatic rings. The molecule has 120 valence electrons. The Bertz CT molecular complexity index is 679. The van der Waals surface area contributed by atoms with Gasteiger partial charge in [-0.3, -0.25) is 9.59 Å². The zero-order valence-electron chi connectivity index (χ0n) is 13.2. The zero-order valence-corrected chi connectivity index (χ0v) is 13.9. The molecule has 0 saturated carbocycles. The summed E-state index contributed by atoms with van der Waals surface area (Å²) in [5.41, 5.74) is 2.53. The fourth-order valence-corrected chi connectivity index (χ4v) is 2.16. The van der Waals surface area contributed by atoms with Gasteiger partial charge in [-0.1, -0.05) is 35.9 Å². The van der Waals surface area contributed by atoms with Crippen LogP contribution in [0.2, 0.25) is 5.02 Å². The number of carbonyl (C=O) groups is 2. The van der Waals surface area contributed by atoms with Crippen molar-refractivity contribution in [2.75, 3.05) is 19.4 Å². The molecule has 1 N–H and O–H groups in total. The van der Waals surface area contributed by atoms with E-state index in [2.05, 4.69) is 5.32 Å². The maximum Gasteiger partial charge on any atom is 0.228 e. The maximum atomic E-state index is 12.0. The summed E-state index contributed by atoms with van der Waals surface area (Å²) in [7, 11) is 3.46. The second-order valence-electron chi connectivity index (χ2n) is 5.51. The molecule has 0 unspecified atom stereocenters. The number of rotatable bonds is 5. The van der Waals surface area contributed by atoms with Crippen molar-refractivity contribution in [2.24, 2.45) is 0 Å². The third kappa shape index (κ3) is 5.42. The molecular formula is C18H19ClN2O2. The van der Waals surface area contributed by atoms with Gasteiger partial charge >= 0.3 is 0 Å². The van der Waals surface area contributed by atoms with Gasteiger partial charge in [0.05, 0.1) is 12.8 Å². The molecule has 0 aromatic heterocycles. The Morgan fingerprint density at radius 2 is 1.43 bits per heavy atom. The lowest BCUT2D eigenvalue weighted by atomic mass is 10.1. The first-order valence-corrected chi connectivity index (χ1v) is 7.65. The van der Waals surface area contributed by atoms with E-state index < -0.39 is 0 Å². The number of anilines is 1. The van der Waals surface area contributed by atoms with E-state index in [1.165, 1.54) is 0 Å². The van der Waals surface area contributed by atoms with Crippen LogP contribution >= 0.6 is 11.6 Å². The van der Waals surface area contributed by atoms with Crippen molar-refractivity contribution in [2.45, 2.75) is 12.8 Å². The van der Waals surface area contributed by atoms with Gasteiger partial charge < -0.3 is 10.2 Å². The largest absolute Gasteiger partial charge is 0.349 e. The van der Waals surface area contributed by atoms with E-state index >= 15 is 0 Å². The number of hydrogen-bond donors (Lipinski definition) is 1. The third-order valence-corrected chi connectivity index (χ3v) is 3.62. The summed E-state index contributed by atoms with van der Waals surface area (Å²) in [6.45, 7) is 0. The van der Waals surface area contributed by atoms with Crippen molar-refractivity contribution < 1.29 is 9.59 Å². The number of likely N-dealkylation sites (N-methyl/N-ethyl adjacent to an activating group) is 1. The monoisotopic (exact) mass is 330 g/mol. The van der Waals surface area contributed by atoms with Crippen molar-refractivity contribution in [3.05, 3.63) is 64.7 Å². The van der Waals surface area contributed by atoms with E-state index in [1.807, 2.05) is 24.3 Å². The highest BCUT2D eigenvalue weighted by molar-refractivity contribution is 6.30. The summed E-state index contributed by atoms with van der Waals surface area (Å²) >= 11 is 5.82. The van der Waals surface area contributed by atoms with Crippen LogP contribution in [-0.4, -0.2) is 30.8 Å². The van der Waals surface area contributed by atoms with E-state index in [0.717, 1.165) is 11.1 Å². The van der Waals surface area contributed by atoms with Crippen LogP contribution in [0.15, 0.2) is 48.5 Å². The average molecular weight is 331 g/mol. The second kappa shape index (κ2) is 7.79. The van der Waals surface area contributed by atoms with Gasteiger partial charge in [0.15, 0.2) is 0 Å². The predicted molar refractivity (Wildman–Crippen MR) is 92.6 cm³/mol. The Morgan fingerprint density at radius 3 is 2.00 bits per heavy atom. The lowest BCUT2D eigenvalue weighted by Crippen LogP contribution is -2.23. The minimum atomic E-state index is -0.0931. The molecule has 0 aliphatic heterocycles. The van der Waals surface area contributed by atoms with Gasteiger partial charge in [0.1, 0.15) is 0 Å². The molecule has 23 heavy (non-hydrogen) atoms. The highest BCUT2D eigenvalue weighted by Gasteiger charge is 2.07. The van der Waals surface area contributed by atoms with Crippen LogP contribution in [0.25, 0.3) is 0 Å². The number of carbonyl (C=O) groups excluding carboxylic acids is 2. The first kappa shape index (κ1) is 17.0. The fourth-order valence-electron chi connectivity index (χ4n) is 2.03. The van der Waals surface area contributed by atoms with Crippen molar-refractivity contribution in [1.29, 1.82) is 0 Å². The van der Waals surface area contributed by atoms with Crippen molar-refractivity contribution in [3.8, 4) is 0 Å².